The van der Waals surface area contributed by atoms with Gasteiger partial charge in [-0.15, -0.1) is 0 Å². The summed E-state index contributed by atoms with van der Waals surface area (Å²) in [5, 5.41) is 6.63. The molecule has 2 N–H and O–H groups in total. The summed E-state index contributed by atoms with van der Waals surface area (Å²) < 4.78 is 0. The minimum Gasteiger partial charge on any atom is -0.369 e. The molecule has 5 nitrogen and oxygen atoms in total. The molecule has 0 radical (unpaired) electrons. The van der Waals surface area contributed by atoms with Crippen LogP contribution in [0.25, 0.3) is 0 Å². The number of hydrogen-bond donors (Lipinski definition) is 2. The first-order chi connectivity index (χ1) is 10.6. The molecule has 2 aromatic rings. The SMILES string of the molecule is CC(C)c1ccccc1Nc1nccc(NCCN(C)C)n1. The Bertz CT molecular complexity index is 595. The molecule has 0 bridgehead atoms. The van der Waals surface area contributed by atoms with Crippen molar-refractivity contribution in [2.45, 2.75) is 19.8 Å². The summed E-state index contributed by atoms with van der Waals surface area (Å²) in [7, 11) is 4.11. The van der Waals surface area contributed by atoms with E-state index in [-0.39, 0.29) is 0 Å². The Morgan fingerprint density at radius 2 is 1.91 bits per heavy atom. The third-order valence-corrected chi connectivity index (χ3v) is 3.35. The van der Waals surface area contributed by atoms with E-state index in [1.807, 2.05) is 12.1 Å². The lowest BCUT2D eigenvalue weighted by atomic mass is 10.0. The summed E-state index contributed by atoms with van der Waals surface area (Å²) in [5.74, 6) is 1.90. The molecule has 22 heavy (non-hydrogen) atoms. The molecular formula is C17H25N5. The number of rotatable bonds is 7. The minimum atomic E-state index is 0.449. The average molecular weight is 299 g/mol. The lowest BCUT2D eigenvalue weighted by Gasteiger charge is -2.14. The van der Waals surface area contributed by atoms with E-state index in [1.165, 1.54) is 5.56 Å². The van der Waals surface area contributed by atoms with Crippen molar-refractivity contribution in [1.29, 1.82) is 0 Å². The largest absolute Gasteiger partial charge is 0.369 e. The molecule has 0 amide bonds. The number of para-hydroxylation sites is 1. The van der Waals surface area contributed by atoms with Crippen molar-refractivity contribution in [2.75, 3.05) is 37.8 Å². The van der Waals surface area contributed by atoms with Gasteiger partial charge in [0.15, 0.2) is 0 Å². The number of nitrogens with one attached hydrogen (secondary N) is 2. The highest BCUT2D eigenvalue weighted by Crippen LogP contribution is 2.25. The predicted octanol–water partition coefficient (Wildman–Crippen LogP) is 3.32. The summed E-state index contributed by atoms with van der Waals surface area (Å²) in [4.78, 5) is 11.0. The highest BCUT2D eigenvalue weighted by atomic mass is 15.2. The van der Waals surface area contributed by atoms with E-state index in [2.05, 4.69) is 71.6 Å². The number of benzene rings is 1. The van der Waals surface area contributed by atoms with Crippen molar-refractivity contribution in [3.8, 4) is 0 Å². The van der Waals surface area contributed by atoms with Crippen molar-refractivity contribution >= 4 is 17.5 Å². The van der Waals surface area contributed by atoms with Crippen molar-refractivity contribution < 1.29 is 0 Å². The molecule has 0 saturated carbocycles. The predicted molar refractivity (Wildman–Crippen MR) is 92.9 cm³/mol. The van der Waals surface area contributed by atoms with Crippen LogP contribution in [-0.2, 0) is 0 Å². The first-order valence-corrected chi connectivity index (χ1v) is 7.64. The molecule has 0 fully saturated rings. The molecule has 0 aliphatic heterocycles. The summed E-state index contributed by atoms with van der Waals surface area (Å²) in [6.45, 7) is 6.18. The van der Waals surface area contributed by atoms with Gasteiger partial charge in [-0.05, 0) is 37.7 Å². The van der Waals surface area contributed by atoms with Gasteiger partial charge >= 0.3 is 0 Å². The summed E-state index contributed by atoms with van der Waals surface area (Å²) in [6, 6.07) is 10.2. The number of nitrogens with zero attached hydrogens (tertiary/aromatic N) is 3. The molecule has 0 aliphatic carbocycles. The van der Waals surface area contributed by atoms with Gasteiger partial charge in [0.05, 0.1) is 0 Å². The standard InChI is InChI=1S/C17H25N5/c1-13(2)14-7-5-6-8-15(14)20-17-19-10-9-16(21-17)18-11-12-22(3)4/h5-10,13H,11-12H2,1-4H3,(H2,18,19,20,21). The van der Waals surface area contributed by atoms with Crippen LogP contribution in [0.2, 0.25) is 0 Å². The molecule has 1 aromatic carbocycles. The Hall–Kier alpha value is -2.14. The van der Waals surface area contributed by atoms with E-state index >= 15 is 0 Å². The summed E-state index contributed by atoms with van der Waals surface area (Å²) >= 11 is 0. The Balaban J connectivity index is 2.07. The zero-order valence-corrected chi connectivity index (χ0v) is 13.8. The van der Waals surface area contributed by atoms with E-state index in [0.717, 1.165) is 24.6 Å². The molecule has 118 valence electrons. The van der Waals surface area contributed by atoms with Crippen LogP contribution >= 0.6 is 0 Å². The zero-order valence-electron chi connectivity index (χ0n) is 13.8. The molecule has 2 rings (SSSR count). The van der Waals surface area contributed by atoms with Gasteiger partial charge in [0.2, 0.25) is 5.95 Å². The van der Waals surface area contributed by atoms with Crippen LogP contribution in [0.5, 0.6) is 0 Å². The second kappa shape index (κ2) is 7.75. The van der Waals surface area contributed by atoms with Gasteiger partial charge in [0.1, 0.15) is 5.82 Å². The van der Waals surface area contributed by atoms with Gasteiger partial charge < -0.3 is 15.5 Å². The summed E-state index contributed by atoms with van der Waals surface area (Å²) in [5.41, 5.74) is 2.32. The van der Waals surface area contributed by atoms with Crippen molar-refractivity contribution in [3.05, 3.63) is 42.1 Å². The second-order valence-electron chi connectivity index (χ2n) is 5.86. The minimum absolute atomic E-state index is 0.449. The fraction of sp³-hybridized carbons (Fsp3) is 0.412. The van der Waals surface area contributed by atoms with Crippen LogP contribution in [0.4, 0.5) is 17.5 Å². The van der Waals surface area contributed by atoms with Crippen LogP contribution < -0.4 is 10.6 Å². The molecule has 1 heterocycles. The molecule has 0 atom stereocenters. The quantitative estimate of drug-likeness (QED) is 0.821. The Kier molecular flexibility index (Phi) is 5.72. The van der Waals surface area contributed by atoms with Crippen LogP contribution in [0.15, 0.2) is 36.5 Å². The number of anilines is 3. The van der Waals surface area contributed by atoms with Crippen LogP contribution in [0, 0.1) is 0 Å². The monoisotopic (exact) mass is 299 g/mol. The molecule has 0 unspecified atom stereocenters. The van der Waals surface area contributed by atoms with E-state index in [4.69, 9.17) is 0 Å². The number of hydrogen-bond acceptors (Lipinski definition) is 5. The maximum Gasteiger partial charge on any atom is 0.229 e. The first-order valence-electron chi connectivity index (χ1n) is 7.64. The normalized spacial score (nSPS) is 11.0. The third-order valence-electron chi connectivity index (χ3n) is 3.35. The van der Waals surface area contributed by atoms with Gasteiger partial charge in [0.25, 0.3) is 0 Å². The first kappa shape index (κ1) is 16.2. The van der Waals surface area contributed by atoms with Crippen molar-refractivity contribution in [3.63, 3.8) is 0 Å². The topological polar surface area (TPSA) is 53.1 Å². The molecule has 5 heteroatoms. The van der Waals surface area contributed by atoms with E-state index in [9.17, 15) is 0 Å². The fourth-order valence-corrected chi connectivity index (χ4v) is 2.16. The van der Waals surface area contributed by atoms with Gasteiger partial charge in [-0.1, -0.05) is 32.0 Å². The zero-order chi connectivity index (χ0) is 15.9. The van der Waals surface area contributed by atoms with Gasteiger partial charge in [0, 0.05) is 25.0 Å². The summed E-state index contributed by atoms with van der Waals surface area (Å²) in [6.07, 6.45) is 1.77. The molecule has 0 saturated heterocycles. The highest BCUT2D eigenvalue weighted by Gasteiger charge is 2.07. The molecule has 0 aliphatic rings. The van der Waals surface area contributed by atoms with Crippen molar-refractivity contribution in [2.24, 2.45) is 0 Å². The Labute approximate surface area is 132 Å². The molecule has 1 aromatic heterocycles. The van der Waals surface area contributed by atoms with Gasteiger partial charge in [-0.3, -0.25) is 0 Å². The fourth-order valence-electron chi connectivity index (χ4n) is 2.16. The maximum absolute atomic E-state index is 4.51. The number of aromatic nitrogens is 2. The van der Waals surface area contributed by atoms with E-state index in [1.54, 1.807) is 6.20 Å². The maximum atomic E-state index is 4.51. The lowest BCUT2D eigenvalue weighted by molar-refractivity contribution is 0.425. The van der Waals surface area contributed by atoms with Crippen LogP contribution in [-0.4, -0.2) is 42.1 Å². The van der Waals surface area contributed by atoms with E-state index < -0.39 is 0 Å². The third kappa shape index (κ3) is 4.70. The van der Waals surface area contributed by atoms with E-state index in [0.29, 0.717) is 11.9 Å². The van der Waals surface area contributed by atoms with Gasteiger partial charge in [-0.25, -0.2) is 4.98 Å². The van der Waals surface area contributed by atoms with Crippen molar-refractivity contribution in [1.82, 2.24) is 14.9 Å². The van der Waals surface area contributed by atoms with Crippen LogP contribution in [0.1, 0.15) is 25.3 Å². The Morgan fingerprint density at radius 1 is 1.14 bits per heavy atom. The smallest absolute Gasteiger partial charge is 0.229 e. The van der Waals surface area contributed by atoms with Gasteiger partial charge in [-0.2, -0.15) is 4.98 Å². The Morgan fingerprint density at radius 3 is 2.64 bits per heavy atom. The van der Waals surface area contributed by atoms with Crippen LogP contribution in [0.3, 0.4) is 0 Å². The molecular weight excluding hydrogens is 274 g/mol. The molecule has 0 spiro atoms. The highest BCUT2D eigenvalue weighted by molar-refractivity contribution is 5.60. The second-order valence-corrected chi connectivity index (χ2v) is 5.86. The average Bonchev–Trinajstić information content (AvgIpc) is 2.47. The lowest BCUT2D eigenvalue weighted by Crippen LogP contribution is -2.21. The number of likely N-dealkylation sites (N-methyl/N-ethyl adjacent to an activating group) is 1.